The summed E-state index contributed by atoms with van der Waals surface area (Å²) in [6.07, 6.45) is 3.43. The number of carbonyl (C=O) groups is 1. The van der Waals surface area contributed by atoms with Gasteiger partial charge < -0.3 is 15.4 Å². The molecule has 0 saturated heterocycles. The van der Waals surface area contributed by atoms with E-state index in [0.29, 0.717) is 0 Å². The van der Waals surface area contributed by atoms with Gasteiger partial charge in [0.25, 0.3) is 0 Å². The van der Waals surface area contributed by atoms with Crippen molar-refractivity contribution in [3.63, 3.8) is 0 Å². The van der Waals surface area contributed by atoms with Crippen molar-refractivity contribution in [1.29, 1.82) is 0 Å². The van der Waals surface area contributed by atoms with Crippen LogP contribution >= 0.6 is 0 Å². The number of rotatable bonds is 4. The fourth-order valence-corrected chi connectivity index (χ4v) is 1.91. The highest BCUT2D eigenvalue weighted by Crippen LogP contribution is 2.14. The van der Waals surface area contributed by atoms with E-state index in [1.807, 2.05) is 62.4 Å². The van der Waals surface area contributed by atoms with Gasteiger partial charge in [-0.25, -0.2) is 4.79 Å². The Hall–Kier alpha value is -2.75. The molecule has 0 saturated carbocycles. The number of amides is 2. The second kappa shape index (κ2) is 7.31. The molecule has 2 rings (SSSR count). The summed E-state index contributed by atoms with van der Waals surface area (Å²) < 4.78 is 5.09. The Labute approximate surface area is 130 Å². The van der Waals surface area contributed by atoms with Gasteiger partial charge >= 0.3 is 6.03 Å². The Morgan fingerprint density at radius 3 is 2.41 bits per heavy atom. The normalized spacial score (nSPS) is 10.5. The minimum absolute atomic E-state index is 0.270. The maximum absolute atomic E-state index is 11.8. The number of nitrogens with one attached hydrogen (secondary N) is 2. The lowest BCUT2D eigenvalue weighted by atomic mass is 10.1. The van der Waals surface area contributed by atoms with E-state index < -0.39 is 0 Å². The van der Waals surface area contributed by atoms with Gasteiger partial charge in [0, 0.05) is 11.9 Å². The predicted octanol–water partition coefficient (Wildman–Crippen LogP) is 4.10. The maximum Gasteiger partial charge on any atom is 0.323 e. The molecular weight excluding hydrogens is 276 g/mol. The van der Waals surface area contributed by atoms with Crippen LogP contribution in [0.2, 0.25) is 0 Å². The molecule has 0 atom stereocenters. The molecule has 2 amide bonds. The molecule has 0 fully saturated rings. The third-order valence-corrected chi connectivity index (χ3v) is 3.37. The number of benzene rings is 2. The molecule has 0 radical (unpaired) electrons. The molecule has 114 valence electrons. The largest absolute Gasteiger partial charge is 0.497 e. The molecule has 2 aromatic carbocycles. The van der Waals surface area contributed by atoms with E-state index in [2.05, 4.69) is 10.6 Å². The first kappa shape index (κ1) is 15.6. The molecule has 4 nitrogen and oxygen atoms in total. The first-order valence-electron chi connectivity index (χ1n) is 7.04. The van der Waals surface area contributed by atoms with E-state index in [1.54, 1.807) is 13.3 Å². The van der Waals surface area contributed by atoms with Crippen molar-refractivity contribution < 1.29 is 9.53 Å². The van der Waals surface area contributed by atoms with Gasteiger partial charge in [-0.05, 0) is 60.9 Å². The summed E-state index contributed by atoms with van der Waals surface area (Å²) >= 11 is 0. The molecule has 0 aromatic heterocycles. The minimum Gasteiger partial charge on any atom is -0.497 e. The van der Waals surface area contributed by atoms with Gasteiger partial charge in [-0.1, -0.05) is 18.2 Å². The summed E-state index contributed by atoms with van der Waals surface area (Å²) in [5, 5.41) is 5.47. The van der Waals surface area contributed by atoms with Crippen LogP contribution in [0, 0.1) is 13.8 Å². The number of ether oxygens (including phenoxy) is 1. The molecule has 2 aromatic rings. The van der Waals surface area contributed by atoms with Crippen molar-refractivity contribution in [3.05, 3.63) is 65.4 Å². The Morgan fingerprint density at radius 2 is 1.77 bits per heavy atom. The first-order valence-corrected chi connectivity index (χ1v) is 7.04. The minimum atomic E-state index is -0.270. The van der Waals surface area contributed by atoms with Crippen LogP contribution in [0.3, 0.4) is 0 Å². The maximum atomic E-state index is 11.8. The molecule has 0 unspecified atom stereocenters. The fourth-order valence-electron chi connectivity index (χ4n) is 1.91. The van der Waals surface area contributed by atoms with E-state index in [0.717, 1.165) is 22.6 Å². The third-order valence-electron chi connectivity index (χ3n) is 3.37. The molecule has 2 N–H and O–H groups in total. The van der Waals surface area contributed by atoms with Crippen LogP contribution in [0.4, 0.5) is 10.5 Å². The van der Waals surface area contributed by atoms with Gasteiger partial charge in [0.15, 0.2) is 0 Å². The zero-order chi connectivity index (χ0) is 15.9. The second-order valence-corrected chi connectivity index (χ2v) is 5.00. The highest BCUT2D eigenvalue weighted by atomic mass is 16.5. The molecule has 0 aliphatic carbocycles. The SMILES string of the molecule is COc1ccc(/C=C/NC(=O)Nc2ccc(C)c(C)c2)cc1. The van der Waals surface area contributed by atoms with Gasteiger partial charge in [0.2, 0.25) is 0 Å². The molecule has 22 heavy (non-hydrogen) atoms. The standard InChI is InChI=1S/C18H20N2O2/c1-13-4-7-16(12-14(13)2)20-18(21)19-11-10-15-5-8-17(22-3)9-6-15/h4-12H,1-3H3,(H2,19,20,21)/b11-10+. The average Bonchev–Trinajstić information content (AvgIpc) is 2.51. The van der Waals surface area contributed by atoms with Gasteiger partial charge in [0.1, 0.15) is 5.75 Å². The van der Waals surface area contributed by atoms with Gasteiger partial charge in [0.05, 0.1) is 7.11 Å². The Kier molecular flexibility index (Phi) is 5.20. The van der Waals surface area contributed by atoms with Crippen LogP contribution in [0.25, 0.3) is 6.08 Å². The summed E-state index contributed by atoms with van der Waals surface area (Å²) in [6, 6.07) is 13.1. The summed E-state index contributed by atoms with van der Waals surface area (Å²) in [7, 11) is 1.63. The molecule has 0 bridgehead atoms. The van der Waals surface area contributed by atoms with E-state index in [4.69, 9.17) is 4.74 Å². The monoisotopic (exact) mass is 296 g/mol. The van der Waals surface area contributed by atoms with Crippen molar-refractivity contribution in [2.75, 3.05) is 12.4 Å². The molecule has 0 spiro atoms. The first-order chi connectivity index (χ1) is 10.6. The van der Waals surface area contributed by atoms with Gasteiger partial charge in [-0.2, -0.15) is 0 Å². The summed E-state index contributed by atoms with van der Waals surface area (Å²) in [4.78, 5) is 11.8. The molecule has 0 aliphatic heterocycles. The van der Waals surface area contributed by atoms with Crippen LogP contribution in [0.5, 0.6) is 5.75 Å². The Balaban J connectivity index is 1.88. The Morgan fingerprint density at radius 1 is 1.05 bits per heavy atom. The Bertz CT molecular complexity index is 676. The third kappa shape index (κ3) is 4.38. The van der Waals surface area contributed by atoms with Crippen LogP contribution in [-0.4, -0.2) is 13.1 Å². The topological polar surface area (TPSA) is 50.4 Å². The van der Waals surface area contributed by atoms with E-state index in [9.17, 15) is 4.79 Å². The van der Waals surface area contributed by atoms with Crippen LogP contribution in [0.15, 0.2) is 48.7 Å². The number of methoxy groups -OCH3 is 1. The zero-order valence-electron chi connectivity index (χ0n) is 13.0. The van der Waals surface area contributed by atoms with Crippen molar-refractivity contribution in [2.24, 2.45) is 0 Å². The number of hydrogen-bond acceptors (Lipinski definition) is 2. The lowest BCUT2D eigenvalue weighted by Gasteiger charge is -2.07. The smallest absolute Gasteiger partial charge is 0.323 e. The summed E-state index contributed by atoms with van der Waals surface area (Å²) in [5.41, 5.74) is 4.10. The predicted molar refractivity (Wildman–Crippen MR) is 90.1 cm³/mol. The van der Waals surface area contributed by atoms with E-state index >= 15 is 0 Å². The van der Waals surface area contributed by atoms with Gasteiger partial charge in [-0.15, -0.1) is 0 Å². The number of hydrogen-bond donors (Lipinski definition) is 2. The molecule has 4 heteroatoms. The lowest BCUT2D eigenvalue weighted by molar-refractivity contribution is 0.255. The van der Waals surface area contributed by atoms with Crippen LogP contribution < -0.4 is 15.4 Å². The highest BCUT2D eigenvalue weighted by Gasteiger charge is 2.00. The second-order valence-electron chi connectivity index (χ2n) is 5.00. The molecule has 0 heterocycles. The highest BCUT2D eigenvalue weighted by molar-refractivity contribution is 5.90. The van der Waals surface area contributed by atoms with Crippen molar-refractivity contribution in [3.8, 4) is 5.75 Å². The van der Waals surface area contributed by atoms with Crippen molar-refractivity contribution in [1.82, 2.24) is 5.32 Å². The van der Waals surface area contributed by atoms with Crippen LogP contribution in [0.1, 0.15) is 16.7 Å². The molecular formula is C18H20N2O2. The quantitative estimate of drug-likeness (QED) is 0.892. The zero-order valence-corrected chi connectivity index (χ0v) is 13.0. The van der Waals surface area contributed by atoms with Gasteiger partial charge in [-0.3, -0.25) is 0 Å². The number of urea groups is 1. The summed E-state index contributed by atoms with van der Waals surface area (Å²) in [6.45, 7) is 4.05. The van der Waals surface area contributed by atoms with Crippen LogP contribution in [-0.2, 0) is 0 Å². The molecule has 0 aliphatic rings. The number of anilines is 1. The van der Waals surface area contributed by atoms with Crippen molar-refractivity contribution >= 4 is 17.8 Å². The number of aryl methyl sites for hydroxylation is 2. The summed E-state index contributed by atoms with van der Waals surface area (Å²) in [5.74, 6) is 0.803. The van der Waals surface area contributed by atoms with E-state index in [-0.39, 0.29) is 6.03 Å². The lowest BCUT2D eigenvalue weighted by Crippen LogP contribution is -2.23. The average molecular weight is 296 g/mol. The number of carbonyl (C=O) groups excluding carboxylic acids is 1. The van der Waals surface area contributed by atoms with Crippen molar-refractivity contribution in [2.45, 2.75) is 13.8 Å². The fraction of sp³-hybridized carbons (Fsp3) is 0.167. The van der Waals surface area contributed by atoms with E-state index in [1.165, 1.54) is 5.56 Å².